The first-order chi connectivity index (χ1) is 8.90. The number of Topliss-reactive ketones (excluding diaryl/α,β-unsaturated/α-hetero) is 1. The molecule has 0 N–H and O–H groups in total. The van der Waals surface area contributed by atoms with Crippen LogP contribution < -0.4 is 0 Å². The molecule has 1 aromatic carbocycles. The quantitative estimate of drug-likeness (QED) is 0.700. The van der Waals surface area contributed by atoms with Gasteiger partial charge in [-0.2, -0.15) is 0 Å². The van der Waals surface area contributed by atoms with E-state index in [0.29, 0.717) is 13.8 Å². The molecule has 2 aromatic rings. The Kier molecular flexibility index (Phi) is 4.60. The predicted octanol–water partition coefficient (Wildman–Crippen LogP) is 3.93. The molecule has 0 saturated heterocycles. The van der Waals surface area contributed by atoms with Crippen molar-refractivity contribution < 1.29 is 13.2 Å². The molecule has 1 heterocycles. The van der Waals surface area contributed by atoms with Crippen molar-refractivity contribution in [3.8, 4) is 0 Å². The lowest BCUT2D eigenvalue weighted by atomic mass is 10.3. The molecule has 0 amide bonds. The lowest BCUT2D eigenvalue weighted by Gasteiger charge is -2.04. The molecule has 0 fully saturated rings. The molecule has 0 aliphatic carbocycles. The minimum absolute atomic E-state index is 0.142. The summed E-state index contributed by atoms with van der Waals surface area (Å²) in [6.07, 6.45) is 0. The van der Waals surface area contributed by atoms with Crippen molar-refractivity contribution in [2.75, 3.05) is 5.75 Å². The highest BCUT2D eigenvalue weighted by molar-refractivity contribution is 9.10. The van der Waals surface area contributed by atoms with E-state index in [4.69, 9.17) is 0 Å². The van der Waals surface area contributed by atoms with Crippen molar-refractivity contribution in [1.82, 2.24) is 0 Å². The van der Waals surface area contributed by atoms with Crippen molar-refractivity contribution in [2.24, 2.45) is 0 Å². The maximum atomic E-state index is 12.1. The summed E-state index contributed by atoms with van der Waals surface area (Å²) in [7, 11) is -3.62. The number of carbonyl (C=O) groups is 1. The average molecular weight is 424 g/mol. The smallest absolute Gasteiger partial charge is 0.189 e. The molecule has 0 aliphatic rings. The average Bonchev–Trinajstić information content (AvgIpc) is 2.75. The fourth-order valence-electron chi connectivity index (χ4n) is 1.47. The van der Waals surface area contributed by atoms with E-state index in [9.17, 15) is 13.2 Å². The fourth-order valence-corrected chi connectivity index (χ4v) is 4.90. The number of sulfone groups is 1. The second-order valence-electron chi connectivity index (χ2n) is 3.74. The minimum Gasteiger partial charge on any atom is -0.292 e. The monoisotopic (exact) mass is 422 g/mol. The zero-order chi connectivity index (χ0) is 14.0. The highest BCUT2D eigenvalue weighted by atomic mass is 79.9. The van der Waals surface area contributed by atoms with E-state index in [-0.39, 0.29) is 4.90 Å². The molecule has 0 atom stereocenters. The van der Waals surface area contributed by atoms with E-state index in [1.165, 1.54) is 23.5 Å². The second-order valence-corrected chi connectivity index (χ2v) is 8.41. The number of halogens is 2. The Morgan fingerprint density at radius 1 is 1.21 bits per heavy atom. The summed E-state index contributed by atoms with van der Waals surface area (Å²) in [5, 5.41) is 1.74. The van der Waals surface area contributed by atoms with Crippen LogP contribution in [0.2, 0.25) is 0 Å². The van der Waals surface area contributed by atoms with Crippen LogP contribution in [0.4, 0.5) is 0 Å². The van der Waals surface area contributed by atoms with Crippen LogP contribution in [0.15, 0.2) is 49.6 Å². The first-order valence-corrected chi connectivity index (χ1v) is 9.26. The van der Waals surface area contributed by atoms with Crippen LogP contribution in [-0.4, -0.2) is 20.0 Å². The topological polar surface area (TPSA) is 51.2 Å². The number of thiophene rings is 1. The summed E-state index contributed by atoms with van der Waals surface area (Å²) >= 11 is 7.67. The summed E-state index contributed by atoms with van der Waals surface area (Å²) in [5.74, 6) is -0.926. The zero-order valence-corrected chi connectivity index (χ0v) is 14.3. The summed E-state index contributed by atoms with van der Waals surface area (Å²) < 4.78 is 25.6. The van der Waals surface area contributed by atoms with Crippen LogP contribution in [0, 0.1) is 0 Å². The molecule has 2 rings (SSSR count). The Hall–Kier alpha value is -0.500. The van der Waals surface area contributed by atoms with Crippen LogP contribution in [0.5, 0.6) is 0 Å². The maximum absolute atomic E-state index is 12.1. The third-order valence-corrected chi connectivity index (χ3v) is 6.33. The molecule has 0 radical (unpaired) electrons. The van der Waals surface area contributed by atoms with E-state index in [2.05, 4.69) is 31.9 Å². The Morgan fingerprint density at radius 2 is 1.95 bits per heavy atom. The van der Waals surface area contributed by atoms with Gasteiger partial charge in [0.1, 0.15) is 5.75 Å². The first kappa shape index (κ1) is 14.9. The van der Waals surface area contributed by atoms with Gasteiger partial charge in [-0.05, 0) is 45.6 Å². The molecule has 1 aromatic heterocycles. The summed E-state index contributed by atoms with van der Waals surface area (Å²) in [6.45, 7) is 0. The van der Waals surface area contributed by atoms with Gasteiger partial charge in [0.05, 0.1) is 9.77 Å². The third kappa shape index (κ3) is 3.53. The van der Waals surface area contributed by atoms with Crippen LogP contribution in [0.1, 0.15) is 9.67 Å². The van der Waals surface area contributed by atoms with Crippen LogP contribution in [0.3, 0.4) is 0 Å². The van der Waals surface area contributed by atoms with Crippen LogP contribution in [0.25, 0.3) is 0 Å². The van der Waals surface area contributed by atoms with Crippen molar-refractivity contribution in [3.63, 3.8) is 0 Å². The van der Waals surface area contributed by atoms with Gasteiger partial charge in [-0.1, -0.05) is 22.0 Å². The van der Waals surface area contributed by atoms with Gasteiger partial charge in [-0.15, -0.1) is 11.3 Å². The number of rotatable bonds is 4. The van der Waals surface area contributed by atoms with Crippen LogP contribution in [-0.2, 0) is 9.84 Å². The number of hydrogen-bond donors (Lipinski definition) is 0. The number of benzene rings is 1. The van der Waals surface area contributed by atoms with Gasteiger partial charge in [-0.25, -0.2) is 8.42 Å². The molecule has 0 saturated carbocycles. The van der Waals surface area contributed by atoms with E-state index < -0.39 is 21.4 Å². The molecular formula is C12H8Br2O3S2. The molecule has 3 nitrogen and oxygen atoms in total. The standard InChI is InChI=1S/C12H8Br2O3S2/c13-8-2-1-3-9(6-8)19(16,17)7-11(15)12-10(14)4-5-18-12/h1-6H,7H2. The van der Waals surface area contributed by atoms with Gasteiger partial charge >= 0.3 is 0 Å². The molecule has 7 heteroatoms. The van der Waals surface area contributed by atoms with Crippen molar-refractivity contribution >= 4 is 58.8 Å². The molecule has 0 unspecified atom stereocenters. The lowest BCUT2D eigenvalue weighted by Crippen LogP contribution is -2.15. The van der Waals surface area contributed by atoms with E-state index in [0.717, 1.165) is 0 Å². The Balaban J connectivity index is 2.28. The first-order valence-electron chi connectivity index (χ1n) is 5.14. The summed E-state index contributed by atoms with van der Waals surface area (Å²) in [4.78, 5) is 12.6. The summed E-state index contributed by atoms with van der Waals surface area (Å²) in [6, 6.07) is 8.06. The normalized spacial score (nSPS) is 11.5. The van der Waals surface area contributed by atoms with Crippen LogP contribution >= 0.6 is 43.2 Å². The van der Waals surface area contributed by atoms with Crippen molar-refractivity contribution in [2.45, 2.75) is 4.90 Å². The molecule has 0 spiro atoms. The maximum Gasteiger partial charge on any atom is 0.189 e. The van der Waals surface area contributed by atoms with Gasteiger partial charge in [0, 0.05) is 8.95 Å². The summed E-state index contributed by atoms with van der Waals surface area (Å²) in [5.41, 5.74) is 0. The minimum atomic E-state index is -3.62. The van der Waals surface area contributed by atoms with Gasteiger partial charge in [0.2, 0.25) is 0 Å². The third-order valence-electron chi connectivity index (χ3n) is 2.35. The van der Waals surface area contributed by atoms with Crippen molar-refractivity contribution in [1.29, 1.82) is 0 Å². The molecule has 0 bridgehead atoms. The van der Waals surface area contributed by atoms with Gasteiger partial charge in [0.25, 0.3) is 0 Å². The molecular weight excluding hydrogens is 416 g/mol. The zero-order valence-electron chi connectivity index (χ0n) is 9.47. The van der Waals surface area contributed by atoms with Crippen molar-refractivity contribution in [3.05, 3.63) is 49.5 Å². The lowest BCUT2D eigenvalue weighted by molar-refractivity contribution is 0.102. The largest absolute Gasteiger partial charge is 0.292 e. The highest BCUT2D eigenvalue weighted by Crippen LogP contribution is 2.25. The number of carbonyl (C=O) groups excluding carboxylic acids is 1. The highest BCUT2D eigenvalue weighted by Gasteiger charge is 2.22. The van der Waals surface area contributed by atoms with Gasteiger partial charge in [0.15, 0.2) is 15.6 Å². The SMILES string of the molecule is O=C(CS(=O)(=O)c1cccc(Br)c1)c1sccc1Br. The molecule has 19 heavy (non-hydrogen) atoms. The molecule has 0 aliphatic heterocycles. The fraction of sp³-hybridized carbons (Fsp3) is 0.0833. The Morgan fingerprint density at radius 3 is 2.53 bits per heavy atom. The van der Waals surface area contributed by atoms with E-state index in [1.807, 2.05) is 0 Å². The number of ketones is 1. The Bertz CT molecular complexity index is 720. The van der Waals surface area contributed by atoms with Gasteiger partial charge < -0.3 is 0 Å². The Labute approximate surface area is 131 Å². The number of hydrogen-bond acceptors (Lipinski definition) is 4. The van der Waals surface area contributed by atoms with Gasteiger partial charge in [-0.3, -0.25) is 4.79 Å². The van der Waals surface area contributed by atoms with E-state index >= 15 is 0 Å². The second kappa shape index (κ2) is 5.87. The molecule has 100 valence electrons. The van der Waals surface area contributed by atoms with E-state index in [1.54, 1.807) is 23.6 Å². The predicted molar refractivity (Wildman–Crippen MR) is 82.5 cm³/mol.